The molecule has 2 unspecified atom stereocenters. The molecule has 0 saturated heterocycles. The van der Waals surface area contributed by atoms with Crippen LogP contribution in [0.15, 0.2) is 52.8 Å². The molecule has 2 amide bonds. The number of anilines is 1. The highest BCUT2D eigenvalue weighted by Gasteiger charge is 2.26. The van der Waals surface area contributed by atoms with Gasteiger partial charge in [0.25, 0.3) is 0 Å². The Morgan fingerprint density at radius 2 is 1.40 bits per heavy atom. The lowest BCUT2D eigenvalue weighted by Crippen LogP contribution is -2.38. The molecule has 2 atom stereocenters. The van der Waals surface area contributed by atoms with Crippen LogP contribution in [0.2, 0.25) is 0 Å². The highest BCUT2D eigenvalue weighted by atomic mass is 31.2. The van der Waals surface area contributed by atoms with Crippen LogP contribution in [0.3, 0.4) is 0 Å². The number of amides is 2. The molecular weight excluding hydrogens is 567 g/mol. The second kappa shape index (κ2) is 17.9. The molecule has 2 rings (SSSR count). The molecule has 4 N–H and O–H groups in total. The molecule has 11 heteroatoms. The molecule has 0 radical (unpaired) electrons. The van der Waals surface area contributed by atoms with Crippen molar-refractivity contribution in [3.05, 3.63) is 47.8 Å². The van der Waals surface area contributed by atoms with Crippen molar-refractivity contribution >= 4 is 42.3 Å². The number of hydrogen-bond donors (Lipinski definition) is 4. The minimum Gasteiger partial charge on any atom is -0.371 e. The lowest BCUT2D eigenvalue weighted by Gasteiger charge is -2.23. The van der Waals surface area contributed by atoms with Crippen LogP contribution < -0.4 is 15.5 Å². The van der Waals surface area contributed by atoms with E-state index < -0.39 is 13.4 Å². The summed E-state index contributed by atoms with van der Waals surface area (Å²) in [5.41, 5.74) is 2.07. The van der Waals surface area contributed by atoms with Crippen molar-refractivity contribution in [1.29, 1.82) is 0 Å². The summed E-state index contributed by atoms with van der Waals surface area (Å²) in [4.78, 5) is 64.4. The van der Waals surface area contributed by atoms with Gasteiger partial charge in [0.1, 0.15) is 0 Å². The second-order valence-corrected chi connectivity index (χ2v) is 12.7. The molecule has 0 bridgehead atoms. The predicted molar refractivity (Wildman–Crippen MR) is 172 cm³/mol. The molecule has 0 aliphatic heterocycles. The highest BCUT2D eigenvalue weighted by molar-refractivity contribution is 7.51. The number of unbranched alkanes of at least 4 members (excludes halogenated alkanes) is 2. The predicted octanol–water partition coefficient (Wildman–Crippen LogP) is 5.78. The number of carbonyl (C=O) groups excluding carboxylic acids is 3. The molecule has 43 heavy (non-hydrogen) atoms. The Hall–Kier alpha value is -3.07. The van der Waals surface area contributed by atoms with Crippen LogP contribution in [-0.2, 0) is 18.9 Å². The van der Waals surface area contributed by atoms with Gasteiger partial charge in [-0.25, -0.2) is 4.99 Å². The van der Waals surface area contributed by atoms with Gasteiger partial charge in [0.2, 0.25) is 17.6 Å². The number of nitrogens with zero attached hydrogens (tertiary/aromatic N) is 2. The lowest BCUT2D eigenvalue weighted by atomic mass is 9.96. The van der Waals surface area contributed by atoms with Gasteiger partial charge >= 0.3 is 7.60 Å². The summed E-state index contributed by atoms with van der Waals surface area (Å²) < 4.78 is 11.4. The second-order valence-electron chi connectivity index (χ2n) is 10.9. The number of carbonyl (C=O) groups is 3. The van der Waals surface area contributed by atoms with Crippen molar-refractivity contribution in [3.63, 3.8) is 0 Å². The molecule has 0 heterocycles. The quantitative estimate of drug-likeness (QED) is 0.121. The zero-order valence-corrected chi connectivity index (χ0v) is 27.2. The standard InChI is InChI=1S/C32H49N4O6P/c1-6-11-13-23(8-3)31(38)34-28-22-30(37)29(35-32(39)24(9-4)14-12-7-2)21-27(28)33-25-15-17-26(18-16-25)36(10-5)19-20-43(40,41)42/h15-18,21-24H,6-14,19-20H2,1-5H3,(H,34,38)(H,35,39)(H2,40,41,42)/b33-27+. The van der Waals surface area contributed by atoms with Gasteiger partial charge in [-0.15, -0.1) is 0 Å². The van der Waals surface area contributed by atoms with Crippen LogP contribution in [0.4, 0.5) is 11.4 Å². The van der Waals surface area contributed by atoms with E-state index >= 15 is 0 Å². The zero-order valence-electron chi connectivity index (χ0n) is 26.3. The zero-order chi connectivity index (χ0) is 32.0. The van der Waals surface area contributed by atoms with Crippen molar-refractivity contribution in [1.82, 2.24) is 10.6 Å². The van der Waals surface area contributed by atoms with Gasteiger partial charge in [0.05, 0.1) is 29.0 Å². The van der Waals surface area contributed by atoms with Crippen LogP contribution in [0.1, 0.15) is 86.0 Å². The molecule has 238 valence electrons. The van der Waals surface area contributed by atoms with E-state index in [0.29, 0.717) is 30.8 Å². The maximum Gasteiger partial charge on any atom is 0.327 e. The van der Waals surface area contributed by atoms with Gasteiger partial charge in [0.15, 0.2) is 0 Å². The van der Waals surface area contributed by atoms with E-state index in [1.165, 1.54) is 12.2 Å². The number of ketones is 1. The summed E-state index contributed by atoms with van der Waals surface area (Å²) in [5, 5.41) is 5.72. The van der Waals surface area contributed by atoms with Gasteiger partial charge < -0.3 is 25.3 Å². The first-order chi connectivity index (χ1) is 20.5. The van der Waals surface area contributed by atoms with Crippen LogP contribution in [-0.4, -0.2) is 52.3 Å². The number of rotatable bonds is 18. The van der Waals surface area contributed by atoms with Gasteiger partial charge in [0, 0.05) is 36.7 Å². The summed E-state index contributed by atoms with van der Waals surface area (Å²) in [5.74, 6) is -1.19. The number of nitrogens with one attached hydrogen (secondary N) is 2. The molecule has 0 fully saturated rings. The smallest absolute Gasteiger partial charge is 0.327 e. The van der Waals surface area contributed by atoms with Crippen molar-refractivity contribution in [2.24, 2.45) is 16.8 Å². The first kappa shape index (κ1) is 36.1. The van der Waals surface area contributed by atoms with Crippen molar-refractivity contribution in [2.45, 2.75) is 86.0 Å². The molecule has 1 aliphatic rings. The van der Waals surface area contributed by atoms with Crippen LogP contribution >= 0.6 is 7.60 Å². The van der Waals surface area contributed by atoms with E-state index in [1.807, 2.05) is 37.8 Å². The Labute approximate surface area is 256 Å². The fourth-order valence-corrected chi connectivity index (χ4v) is 5.37. The topological polar surface area (TPSA) is 148 Å². The summed E-state index contributed by atoms with van der Waals surface area (Å²) in [6.45, 7) is 10.7. The first-order valence-electron chi connectivity index (χ1n) is 15.5. The maximum absolute atomic E-state index is 13.2. The Morgan fingerprint density at radius 3 is 1.86 bits per heavy atom. The molecular formula is C32H49N4O6P. The summed E-state index contributed by atoms with van der Waals surface area (Å²) in [6.07, 6.45) is 9.20. The third-order valence-electron chi connectivity index (χ3n) is 7.66. The minimum atomic E-state index is -4.13. The fourth-order valence-electron chi connectivity index (χ4n) is 4.87. The molecule has 10 nitrogen and oxygen atoms in total. The van der Waals surface area contributed by atoms with Gasteiger partial charge in [-0.1, -0.05) is 53.4 Å². The largest absolute Gasteiger partial charge is 0.371 e. The normalized spacial score (nSPS) is 15.9. The number of aliphatic imine (C=N–C) groups is 1. The number of hydrogen-bond acceptors (Lipinski definition) is 6. The minimum absolute atomic E-state index is 0.112. The van der Waals surface area contributed by atoms with E-state index in [2.05, 4.69) is 24.5 Å². The van der Waals surface area contributed by atoms with E-state index in [4.69, 9.17) is 4.99 Å². The van der Waals surface area contributed by atoms with E-state index in [0.717, 1.165) is 44.2 Å². The summed E-state index contributed by atoms with van der Waals surface area (Å²) in [7, 11) is -4.13. The Kier molecular flexibility index (Phi) is 15.0. The third-order valence-corrected chi connectivity index (χ3v) is 8.44. The Morgan fingerprint density at radius 1 is 0.860 bits per heavy atom. The van der Waals surface area contributed by atoms with Crippen LogP contribution in [0.25, 0.3) is 0 Å². The van der Waals surface area contributed by atoms with E-state index in [1.54, 1.807) is 12.1 Å². The van der Waals surface area contributed by atoms with E-state index in [-0.39, 0.29) is 47.8 Å². The Balaban J connectivity index is 2.40. The number of benzene rings is 1. The van der Waals surface area contributed by atoms with Crippen LogP contribution in [0, 0.1) is 11.8 Å². The van der Waals surface area contributed by atoms with Gasteiger partial charge in [-0.3, -0.25) is 18.9 Å². The molecule has 1 aliphatic carbocycles. The molecule has 1 aromatic rings. The van der Waals surface area contributed by atoms with Gasteiger partial charge in [-0.05, 0) is 62.9 Å². The molecule has 0 spiro atoms. The first-order valence-corrected chi connectivity index (χ1v) is 17.3. The number of allylic oxidation sites excluding steroid dienone is 2. The average molecular weight is 617 g/mol. The molecule has 0 aromatic heterocycles. The van der Waals surface area contributed by atoms with E-state index in [9.17, 15) is 28.7 Å². The highest BCUT2D eigenvalue weighted by Crippen LogP contribution is 2.34. The average Bonchev–Trinajstić information content (AvgIpc) is 2.96. The summed E-state index contributed by atoms with van der Waals surface area (Å²) >= 11 is 0. The molecule has 1 aromatic carbocycles. The Bertz CT molecular complexity index is 1230. The lowest BCUT2D eigenvalue weighted by molar-refractivity contribution is -0.126. The van der Waals surface area contributed by atoms with Crippen molar-refractivity contribution < 1.29 is 28.7 Å². The van der Waals surface area contributed by atoms with Gasteiger partial charge in [-0.2, -0.15) is 0 Å². The monoisotopic (exact) mass is 616 g/mol. The summed E-state index contributed by atoms with van der Waals surface area (Å²) in [6, 6.07) is 7.14. The van der Waals surface area contributed by atoms with Crippen molar-refractivity contribution in [3.8, 4) is 0 Å². The maximum atomic E-state index is 13.2. The molecule has 0 saturated carbocycles. The van der Waals surface area contributed by atoms with Crippen molar-refractivity contribution in [2.75, 3.05) is 24.2 Å². The van der Waals surface area contributed by atoms with Crippen LogP contribution in [0.5, 0.6) is 0 Å². The fraction of sp³-hybridized carbons (Fsp3) is 0.562. The SMILES string of the molecule is CCCCC(CC)C(=O)NC1=C/C(=N\c2ccc(N(CC)CCP(=O)(O)O)cc2)C(NC(=O)C(CC)CCCC)=CC1=O. The third kappa shape index (κ3) is 11.9.